The number of nitriles is 1. The fourth-order valence-corrected chi connectivity index (χ4v) is 4.02. The molecule has 0 aromatic rings. The maximum Gasteiger partial charge on any atom is 0.0681 e. The van der Waals surface area contributed by atoms with E-state index in [0.717, 1.165) is 51.9 Å². The van der Waals surface area contributed by atoms with E-state index in [1.165, 1.54) is 0 Å². The molecular weight excluding hydrogens is 264 g/mol. The maximum absolute atomic E-state index is 10.2. The molecule has 0 aromatic heterocycles. The Labute approximate surface area is 129 Å². The minimum atomic E-state index is -0.178. The van der Waals surface area contributed by atoms with E-state index in [1.54, 1.807) is 0 Å². The topological polar surface area (TPSA) is 56.5 Å². The molecular formula is C17H30N2O2. The second-order valence-corrected chi connectivity index (χ2v) is 7.53. The number of hydrogen-bond acceptors (Lipinski definition) is 4. The molecule has 0 aromatic carbocycles. The number of aliphatic hydroxyl groups is 1. The molecule has 1 N–H and O–H groups in total. The van der Waals surface area contributed by atoms with Crippen LogP contribution in [0.5, 0.6) is 0 Å². The first-order valence-electron chi connectivity index (χ1n) is 8.32. The second-order valence-electron chi connectivity index (χ2n) is 7.53. The Kier molecular flexibility index (Phi) is 5.29. The van der Waals surface area contributed by atoms with E-state index in [9.17, 15) is 5.11 Å². The van der Waals surface area contributed by atoms with E-state index in [0.29, 0.717) is 6.42 Å². The van der Waals surface area contributed by atoms with Crippen molar-refractivity contribution in [3.8, 4) is 6.07 Å². The molecule has 1 aliphatic heterocycles. The smallest absolute Gasteiger partial charge is 0.0681 e. The first-order chi connectivity index (χ1) is 9.93. The van der Waals surface area contributed by atoms with Gasteiger partial charge in [0.1, 0.15) is 0 Å². The number of likely N-dealkylation sites (tertiary alicyclic amines) is 1. The third kappa shape index (κ3) is 3.59. The molecule has 2 rings (SSSR count). The molecule has 1 heterocycles. The Morgan fingerprint density at radius 3 is 2.57 bits per heavy atom. The van der Waals surface area contributed by atoms with Gasteiger partial charge in [0.2, 0.25) is 0 Å². The lowest BCUT2D eigenvalue weighted by Gasteiger charge is -2.57. The maximum atomic E-state index is 10.2. The predicted octanol–water partition coefficient (Wildman–Crippen LogP) is 2.57. The van der Waals surface area contributed by atoms with Crippen LogP contribution in [0.2, 0.25) is 0 Å². The van der Waals surface area contributed by atoms with E-state index in [2.05, 4.69) is 24.8 Å². The average molecular weight is 294 g/mol. The van der Waals surface area contributed by atoms with Crippen LogP contribution >= 0.6 is 0 Å². The summed E-state index contributed by atoms with van der Waals surface area (Å²) in [5.74, 6) is 0. The molecule has 2 unspecified atom stereocenters. The minimum absolute atomic E-state index is 0.0172. The summed E-state index contributed by atoms with van der Waals surface area (Å²) in [5.41, 5.74) is 0.209. The van der Waals surface area contributed by atoms with Crippen molar-refractivity contribution in [3.63, 3.8) is 0 Å². The minimum Gasteiger partial charge on any atom is -0.392 e. The van der Waals surface area contributed by atoms with Gasteiger partial charge in [-0.1, -0.05) is 13.8 Å². The Morgan fingerprint density at radius 2 is 2.05 bits per heavy atom. The monoisotopic (exact) mass is 294 g/mol. The largest absolute Gasteiger partial charge is 0.392 e. The molecule has 1 aliphatic carbocycles. The zero-order valence-electron chi connectivity index (χ0n) is 13.8. The van der Waals surface area contributed by atoms with Gasteiger partial charge >= 0.3 is 0 Å². The van der Waals surface area contributed by atoms with Crippen LogP contribution in [0.25, 0.3) is 0 Å². The van der Waals surface area contributed by atoms with Crippen molar-refractivity contribution < 1.29 is 9.84 Å². The van der Waals surface area contributed by atoms with Crippen LogP contribution in [0.1, 0.15) is 52.9 Å². The molecule has 1 saturated heterocycles. The van der Waals surface area contributed by atoms with Gasteiger partial charge in [0.05, 0.1) is 18.3 Å². The van der Waals surface area contributed by atoms with Gasteiger partial charge in [0.15, 0.2) is 0 Å². The second kappa shape index (κ2) is 6.64. The summed E-state index contributed by atoms with van der Waals surface area (Å²) < 4.78 is 5.82. The van der Waals surface area contributed by atoms with Crippen LogP contribution in [-0.4, -0.2) is 48.5 Å². The molecule has 2 atom stereocenters. The quantitative estimate of drug-likeness (QED) is 0.818. The van der Waals surface area contributed by atoms with E-state index in [4.69, 9.17) is 10.00 Å². The van der Waals surface area contributed by atoms with E-state index in [-0.39, 0.29) is 23.0 Å². The lowest BCUT2D eigenvalue weighted by atomic mass is 9.58. The van der Waals surface area contributed by atoms with Crippen molar-refractivity contribution in [2.24, 2.45) is 10.8 Å². The highest BCUT2D eigenvalue weighted by molar-refractivity contribution is 5.06. The van der Waals surface area contributed by atoms with Gasteiger partial charge in [-0.25, -0.2) is 0 Å². The summed E-state index contributed by atoms with van der Waals surface area (Å²) in [5, 5.41) is 19.0. The van der Waals surface area contributed by atoms with Gasteiger partial charge in [0, 0.05) is 31.4 Å². The Morgan fingerprint density at radius 1 is 1.38 bits per heavy atom. The zero-order chi connectivity index (χ0) is 15.5. The van der Waals surface area contributed by atoms with Crippen LogP contribution in [0.4, 0.5) is 0 Å². The zero-order valence-corrected chi connectivity index (χ0v) is 13.8. The Bertz CT molecular complexity index is 379. The molecule has 21 heavy (non-hydrogen) atoms. The van der Waals surface area contributed by atoms with Crippen molar-refractivity contribution in [2.45, 2.75) is 65.1 Å². The first-order valence-corrected chi connectivity index (χ1v) is 8.32. The van der Waals surface area contributed by atoms with Crippen molar-refractivity contribution >= 4 is 0 Å². The number of hydrogen-bond donors (Lipinski definition) is 1. The number of nitrogens with zero attached hydrogens (tertiary/aromatic N) is 2. The third-order valence-corrected chi connectivity index (χ3v) is 5.46. The molecule has 1 spiro atoms. The van der Waals surface area contributed by atoms with Gasteiger partial charge in [-0.2, -0.15) is 5.26 Å². The molecule has 4 heteroatoms. The van der Waals surface area contributed by atoms with Gasteiger partial charge in [-0.3, -0.25) is 0 Å². The van der Waals surface area contributed by atoms with E-state index >= 15 is 0 Å². The molecule has 2 fully saturated rings. The molecule has 0 amide bonds. The normalized spacial score (nSPS) is 29.1. The van der Waals surface area contributed by atoms with Crippen LogP contribution in [0.15, 0.2) is 0 Å². The predicted molar refractivity (Wildman–Crippen MR) is 82.8 cm³/mol. The van der Waals surface area contributed by atoms with Crippen molar-refractivity contribution in [1.29, 1.82) is 5.26 Å². The standard InChI is InChI=1S/C17H30N2O2/c1-4-21-15-12-14(20)17(15)7-10-19(11-8-17)13-16(2,3)6-5-9-18/h14-15,20H,4-8,10-13H2,1-3H3. The van der Waals surface area contributed by atoms with Crippen LogP contribution < -0.4 is 0 Å². The van der Waals surface area contributed by atoms with Crippen molar-refractivity contribution in [3.05, 3.63) is 0 Å². The lowest BCUT2D eigenvalue weighted by molar-refractivity contribution is -0.210. The Balaban J connectivity index is 1.84. The van der Waals surface area contributed by atoms with Gasteiger partial charge < -0.3 is 14.7 Å². The van der Waals surface area contributed by atoms with Gasteiger partial charge in [0.25, 0.3) is 0 Å². The lowest BCUT2D eigenvalue weighted by Crippen LogP contribution is -2.62. The van der Waals surface area contributed by atoms with Gasteiger partial charge in [-0.15, -0.1) is 0 Å². The third-order valence-electron chi connectivity index (χ3n) is 5.46. The highest BCUT2D eigenvalue weighted by Gasteiger charge is 2.56. The van der Waals surface area contributed by atoms with Crippen LogP contribution in [0.3, 0.4) is 0 Å². The number of rotatable bonds is 6. The Hall–Kier alpha value is -0.630. The molecule has 0 radical (unpaired) electrons. The summed E-state index contributed by atoms with van der Waals surface area (Å²) in [6.07, 6.45) is 4.54. The van der Waals surface area contributed by atoms with Crippen LogP contribution in [-0.2, 0) is 4.74 Å². The highest BCUT2D eigenvalue weighted by Crippen LogP contribution is 2.51. The van der Waals surface area contributed by atoms with Crippen molar-refractivity contribution in [2.75, 3.05) is 26.2 Å². The number of ether oxygens (including phenoxy) is 1. The average Bonchev–Trinajstić information content (AvgIpc) is 2.45. The van der Waals surface area contributed by atoms with Crippen molar-refractivity contribution in [1.82, 2.24) is 4.90 Å². The fraction of sp³-hybridized carbons (Fsp3) is 0.941. The molecule has 120 valence electrons. The fourth-order valence-electron chi connectivity index (χ4n) is 4.02. The number of aliphatic hydroxyl groups excluding tert-OH is 1. The summed E-state index contributed by atoms with van der Waals surface area (Å²) in [6.45, 7) is 10.4. The summed E-state index contributed by atoms with van der Waals surface area (Å²) in [4.78, 5) is 2.50. The summed E-state index contributed by atoms with van der Waals surface area (Å²) >= 11 is 0. The van der Waals surface area contributed by atoms with Gasteiger partial charge in [-0.05, 0) is 44.7 Å². The van der Waals surface area contributed by atoms with E-state index < -0.39 is 0 Å². The molecule has 4 nitrogen and oxygen atoms in total. The molecule has 1 saturated carbocycles. The first kappa shape index (κ1) is 16.7. The number of piperidine rings is 1. The summed E-state index contributed by atoms with van der Waals surface area (Å²) in [7, 11) is 0. The van der Waals surface area contributed by atoms with Crippen LogP contribution in [0, 0.1) is 22.2 Å². The highest BCUT2D eigenvalue weighted by atomic mass is 16.5. The van der Waals surface area contributed by atoms with E-state index in [1.807, 2.05) is 6.92 Å². The molecule has 2 aliphatic rings. The molecule has 0 bridgehead atoms. The summed E-state index contributed by atoms with van der Waals surface area (Å²) in [6, 6.07) is 2.25. The SMILES string of the molecule is CCOC1CC(O)C12CCN(CC(C)(C)CCC#N)CC2.